The summed E-state index contributed by atoms with van der Waals surface area (Å²) >= 11 is 0. The molecule has 0 fully saturated rings. The molecule has 0 bridgehead atoms. The maximum Gasteiger partial charge on any atom is 0.262 e. The molecular formula is C29H23F2N3O. The van der Waals surface area contributed by atoms with Crippen molar-refractivity contribution in [3.63, 3.8) is 0 Å². The lowest BCUT2D eigenvalue weighted by Crippen LogP contribution is -2.29. The number of rotatable bonds is 5. The van der Waals surface area contributed by atoms with Crippen molar-refractivity contribution >= 4 is 22.3 Å². The quantitative estimate of drug-likeness (QED) is 0.301. The smallest absolute Gasteiger partial charge is 0.262 e. The van der Waals surface area contributed by atoms with Gasteiger partial charge in [0.25, 0.3) is 5.56 Å². The summed E-state index contributed by atoms with van der Waals surface area (Å²) in [4.78, 5) is 20.4. The maximum absolute atomic E-state index is 13.9. The molecule has 1 heterocycles. The van der Waals surface area contributed by atoms with Gasteiger partial charge in [0.2, 0.25) is 0 Å². The standard InChI is InChI=1S/C29H23F2N3O/c1-19-32-27-16-14-22(33(2)23-13-15-25(30)26(31)18-23)17-24(27)29(35)34(19)28(20-9-5-3-6-10-20)21-11-7-4-8-12-21/h3-18,28H,1-2H3. The van der Waals surface area contributed by atoms with Gasteiger partial charge in [0.05, 0.1) is 16.9 Å². The molecule has 0 aliphatic carbocycles. The van der Waals surface area contributed by atoms with Crippen LogP contribution in [0.3, 0.4) is 0 Å². The second-order valence-corrected chi connectivity index (χ2v) is 8.42. The Labute approximate surface area is 201 Å². The molecule has 4 nitrogen and oxygen atoms in total. The minimum Gasteiger partial charge on any atom is -0.345 e. The molecule has 0 unspecified atom stereocenters. The highest BCUT2D eigenvalue weighted by atomic mass is 19.2. The fourth-order valence-corrected chi connectivity index (χ4v) is 4.41. The van der Waals surface area contributed by atoms with Gasteiger partial charge < -0.3 is 4.90 Å². The van der Waals surface area contributed by atoms with Gasteiger partial charge in [-0.1, -0.05) is 60.7 Å². The van der Waals surface area contributed by atoms with Crippen LogP contribution in [0.1, 0.15) is 23.0 Å². The Morgan fingerprint density at radius 3 is 1.94 bits per heavy atom. The first-order valence-corrected chi connectivity index (χ1v) is 11.3. The highest BCUT2D eigenvalue weighted by molar-refractivity contribution is 5.83. The summed E-state index contributed by atoms with van der Waals surface area (Å²) in [6, 6.07) is 28.4. The van der Waals surface area contributed by atoms with Crippen LogP contribution in [-0.2, 0) is 0 Å². The molecule has 174 valence electrons. The fraction of sp³-hybridized carbons (Fsp3) is 0.103. The topological polar surface area (TPSA) is 38.1 Å². The summed E-state index contributed by atoms with van der Waals surface area (Å²) in [6.07, 6.45) is 0. The zero-order valence-electron chi connectivity index (χ0n) is 19.3. The molecular weight excluding hydrogens is 444 g/mol. The predicted molar refractivity (Wildman–Crippen MR) is 135 cm³/mol. The van der Waals surface area contributed by atoms with Gasteiger partial charge in [-0.15, -0.1) is 0 Å². The van der Waals surface area contributed by atoms with E-state index in [0.29, 0.717) is 28.1 Å². The third-order valence-electron chi connectivity index (χ3n) is 6.23. The first kappa shape index (κ1) is 22.5. The van der Waals surface area contributed by atoms with Gasteiger partial charge in [0.15, 0.2) is 11.6 Å². The van der Waals surface area contributed by atoms with Crippen molar-refractivity contribution in [1.29, 1.82) is 0 Å². The van der Waals surface area contributed by atoms with Crippen molar-refractivity contribution in [2.24, 2.45) is 0 Å². The summed E-state index contributed by atoms with van der Waals surface area (Å²) in [5, 5.41) is 0.444. The summed E-state index contributed by atoms with van der Waals surface area (Å²) in [5.74, 6) is -1.23. The number of halogens is 2. The van der Waals surface area contributed by atoms with Crippen LogP contribution in [-0.4, -0.2) is 16.6 Å². The van der Waals surface area contributed by atoms with E-state index >= 15 is 0 Å². The second kappa shape index (κ2) is 9.14. The highest BCUT2D eigenvalue weighted by Crippen LogP contribution is 2.29. The molecule has 0 radical (unpaired) electrons. The van der Waals surface area contributed by atoms with Crippen molar-refractivity contribution in [2.45, 2.75) is 13.0 Å². The molecule has 0 N–H and O–H groups in total. The summed E-state index contributed by atoms with van der Waals surface area (Å²) in [6.45, 7) is 1.83. The van der Waals surface area contributed by atoms with E-state index in [0.717, 1.165) is 23.3 Å². The minimum atomic E-state index is -0.927. The molecule has 1 aromatic heterocycles. The molecule has 4 aromatic carbocycles. The van der Waals surface area contributed by atoms with Gasteiger partial charge in [-0.2, -0.15) is 0 Å². The highest BCUT2D eigenvalue weighted by Gasteiger charge is 2.21. The number of aryl methyl sites for hydroxylation is 1. The molecule has 5 rings (SSSR count). The van der Waals surface area contributed by atoms with Crippen LogP contribution in [0.15, 0.2) is 102 Å². The Kier molecular flexibility index (Phi) is 5.87. The molecule has 0 saturated carbocycles. The summed E-state index contributed by atoms with van der Waals surface area (Å²) in [7, 11) is 1.74. The number of anilines is 2. The number of hydrogen-bond donors (Lipinski definition) is 0. The zero-order valence-corrected chi connectivity index (χ0v) is 19.3. The summed E-state index contributed by atoms with van der Waals surface area (Å²) < 4.78 is 29.0. The zero-order chi connectivity index (χ0) is 24.5. The van der Waals surface area contributed by atoms with Gasteiger partial charge in [-0.3, -0.25) is 9.36 Å². The van der Waals surface area contributed by atoms with Crippen molar-refractivity contribution in [3.05, 3.63) is 136 Å². The van der Waals surface area contributed by atoms with Crippen LogP contribution in [0, 0.1) is 18.6 Å². The molecule has 0 atom stereocenters. The van der Waals surface area contributed by atoms with Crippen molar-refractivity contribution in [3.8, 4) is 0 Å². The normalized spacial score (nSPS) is 11.2. The third kappa shape index (κ3) is 4.19. The van der Waals surface area contributed by atoms with E-state index in [2.05, 4.69) is 0 Å². The number of hydrogen-bond acceptors (Lipinski definition) is 3. The van der Waals surface area contributed by atoms with Crippen LogP contribution < -0.4 is 10.5 Å². The van der Waals surface area contributed by atoms with Crippen LogP contribution in [0.2, 0.25) is 0 Å². The predicted octanol–water partition coefficient (Wildman–Crippen LogP) is 6.39. The lowest BCUT2D eigenvalue weighted by molar-refractivity contribution is 0.509. The molecule has 5 aromatic rings. The van der Waals surface area contributed by atoms with E-state index in [1.54, 1.807) is 28.6 Å². The SMILES string of the molecule is Cc1nc2ccc(N(C)c3ccc(F)c(F)c3)cc2c(=O)n1C(c1ccccc1)c1ccccc1. The molecule has 35 heavy (non-hydrogen) atoms. The van der Waals surface area contributed by atoms with Crippen molar-refractivity contribution in [1.82, 2.24) is 9.55 Å². The number of nitrogens with zero attached hydrogens (tertiary/aromatic N) is 3. The lowest BCUT2D eigenvalue weighted by Gasteiger charge is -2.24. The molecule has 0 saturated heterocycles. The average Bonchev–Trinajstić information content (AvgIpc) is 2.88. The van der Waals surface area contributed by atoms with Gasteiger partial charge in [-0.25, -0.2) is 13.8 Å². The van der Waals surface area contributed by atoms with Gasteiger partial charge in [0.1, 0.15) is 5.82 Å². The fourth-order valence-electron chi connectivity index (χ4n) is 4.41. The number of benzene rings is 4. The number of aromatic nitrogens is 2. The number of fused-ring (bicyclic) bond motifs is 1. The summed E-state index contributed by atoms with van der Waals surface area (Å²) in [5.41, 5.74) is 3.47. The van der Waals surface area contributed by atoms with Gasteiger partial charge in [-0.05, 0) is 48.4 Å². The maximum atomic E-state index is 13.9. The van der Waals surface area contributed by atoms with Crippen molar-refractivity contribution < 1.29 is 8.78 Å². The Morgan fingerprint density at radius 1 is 0.771 bits per heavy atom. The van der Waals surface area contributed by atoms with E-state index in [-0.39, 0.29) is 11.6 Å². The molecule has 0 aliphatic heterocycles. The minimum absolute atomic E-state index is 0.175. The van der Waals surface area contributed by atoms with E-state index in [1.165, 1.54) is 6.07 Å². The lowest BCUT2D eigenvalue weighted by atomic mass is 9.98. The van der Waals surface area contributed by atoms with E-state index < -0.39 is 11.6 Å². The second-order valence-electron chi connectivity index (χ2n) is 8.42. The van der Waals surface area contributed by atoms with Crippen LogP contribution in [0.25, 0.3) is 10.9 Å². The Morgan fingerprint density at radius 2 is 1.34 bits per heavy atom. The molecule has 6 heteroatoms. The van der Waals surface area contributed by atoms with Gasteiger partial charge in [0, 0.05) is 24.5 Å². The Hall–Kier alpha value is -4.32. The van der Waals surface area contributed by atoms with Crippen LogP contribution in [0.5, 0.6) is 0 Å². The van der Waals surface area contributed by atoms with Crippen LogP contribution >= 0.6 is 0 Å². The Bertz CT molecular complexity index is 1530. The monoisotopic (exact) mass is 467 g/mol. The van der Waals surface area contributed by atoms with E-state index in [9.17, 15) is 13.6 Å². The van der Waals surface area contributed by atoms with E-state index in [1.807, 2.05) is 73.7 Å². The molecule has 0 aliphatic rings. The third-order valence-corrected chi connectivity index (χ3v) is 6.23. The Balaban J connectivity index is 1.69. The molecule has 0 spiro atoms. The first-order chi connectivity index (χ1) is 16.9. The van der Waals surface area contributed by atoms with Crippen LogP contribution in [0.4, 0.5) is 20.2 Å². The van der Waals surface area contributed by atoms with Crippen molar-refractivity contribution in [2.75, 3.05) is 11.9 Å². The largest absolute Gasteiger partial charge is 0.345 e. The first-order valence-electron chi connectivity index (χ1n) is 11.3. The molecule has 0 amide bonds. The van der Waals surface area contributed by atoms with E-state index in [4.69, 9.17) is 4.98 Å². The average molecular weight is 468 g/mol. The van der Waals surface area contributed by atoms with Gasteiger partial charge >= 0.3 is 0 Å².